The molecule has 1 rings (SSSR count). The molecule has 22 heavy (non-hydrogen) atoms. The molecule has 9 nitrogen and oxygen atoms in total. The van der Waals surface area contributed by atoms with Crippen molar-refractivity contribution in [2.75, 3.05) is 12.8 Å². The molecular weight excluding hydrogens is 317 g/mol. The van der Waals surface area contributed by atoms with Gasteiger partial charge in [0.1, 0.15) is 12.8 Å². The maximum atomic E-state index is 12.3. The molecule has 0 aliphatic heterocycles. The lowest BCUT2D eigenvalue weighted by Gasteiger charge is -2.22. The van der Waals surface area contributed by atoms with Crippen molar-refractivity contribution in [1.82, 2.24) is 4.90 Å². The Balaban J connectivity index is 3.15. The van der Waals surface area contributed by atoms with Crippen LogP contribution in [-0.2, 0) is 20.6 Å². The van der Waals surface area contributed by atoms with Gasteiger partial charge in [0.25, 0.3) is 5.91 Å². The van der Waals surface area contributed by atoms with Gasteiger partial charge in [-0.1, -0.05) is 18.2 Å². The molecule has 10 heteroatoms. The number of rotatable bonds is 7. The Bertz CT molecular complexity index is 638. The summed E-state index contributed by atoms with van der Waals surface area (Å²) in [6.45, 7) is -0.911. The van der Waals surface area contributed by atoms with Gasteiger partial charge in [-0.2, -0.15) is 0 Å². The zero-order chi connectivity index (χ0) is 16.9. The van der Waals surface area contributed by atoms with E-state index in [-0.39, 0.29) is 11.1 Å². The van der Waals surface area contributed by atoms with Crippen LogP contribution >= 0.6 is 7.60 Å². The molecule has 0 aliphatic carbocycles. The Labute approximate surface area is 125 Å². The second-order valence-electron chi connectivity index (χ2n) is 4.43. The molecule has 0 saturated carbocycles. The average molecular weight is 331 g/mol. The summed E-state index contributed by atoms with van der Waals surface area (Å²) in [6.07, 6.45) is -1.54. The highest BCUT2D eigenvalue weighted by Gasteiger charge is 2.27. The van der Waals surface area contributed by atoms with Gasteiger partial charge in [-0.3, -0.25) is 18.9 Å². The first-order valence-corrected chi connectivity index (χ1v) is 7.75. The van der Waals surface area contributed by atoms with Crippen LogP contribution in [0.5, 0.6) is 0 Å². The molecule has 120 valence electrons. The molecule has 1 aromatic carbocycles. The fourth-order valence-corrected chi connectivity index (χ4v) is 2.46. The van der Waals surface area contributed by atoms with Crippen molar-refractivity contribution >= 4 is 25.4 Å². The van der Waals surface area contributed by atoms with E-state index in [9.17, 15) is 18.9 Å². The second-order valence-corrected chi connectivity index (χ2v) is 6.04. The molecule has 0 heterocycles. The fraction of sp³-hybridized carbons (Fsp3) is 0.250. The quantitative estimate of drug-likeness (QED) is 0.508. The Morgan fingerprint density at radius 2 is 1.64 bits per heavy atom. The normalized spacial score (nSPS) is 11.0. The minimum atomic E-state index is -4.67. The van der Waals surface area contributed by atoms with Crippen LogP contribution in [0.2, 0.25) is 0 Å². The molecule has 0 radical (unpaired) electrons. The number of carboxylic acids is 2. The van der Waals surface area contributed by atoms with Crippen LogP contribution in [0, 0.1) is 0 Å². The predicted octanol–water partition coefficient (Wildman–Crippen LogP) is -0.0243. The monoisotopic (exact) mass is 331 g/mol. The van der Waals surface area contributed by atoms with Crippen molar-refractivity contribution < 1.29 is 38.9 Å². The maximum Gasteiger partial charge on any atom is 0.344 e. The number of amides is 1. The van der Waals surface area contributed by atoms with E-state index >= 15 is 0 Å². The Hall–Kier alpha value is -2.22. The first-order valence-electron chi connectivity index (χ1n) is 5.95. The van der Waals surface area contributed by atoms with Gasteiger partial charge < -0.3 is 24.9 Å². The van der Waals surface area contributed by atoms with E-state index in [1.165, 1.54) is 24.3 Å². The van der Waals surface area contributed by atoms with Gasteiger partial charge in [0, 0.05) is 5.56 Å². The van der Waals surface area contributed by atoms with Crippen LogP contribution in [-0.4, -0.2) is 55.6 Å². The van der Waals surface area contributed by atoms with E-state index in [0.717, 1.165) is 0 Å². The van der Waals surface area contributed by atoms with E-state index in [1.807, 2.05) is 0 Å². The van der Waals surface area contributed by atoms with Crippen LogP contribution < -0.4 is 0 Å². The molecule has 4 N–H and O–H groups in total. The highest BCUT2D eigenvalue weighted by molar-refractivity contribution is 7.51. The number of benzene rings is 1. The topological polar surface area (TPSA) is 152 Å². The molecule has 0 atom stereocenters. The molecule has 0 aromatic heterocycles. The summed E-state index contributed by atoms with van der Waals surface area (Å²) in [4.78, 5) is 52.2. The van der Waals surface area contributed by atoms with Crippen LogP contribution in [0.3, 0.4) is 0 Å². The average Bonchev–Trinajstić information content (AvgIpc) is 2.35. The molecule has 0 aliphatic rings. The summed E-state index contributed by atoms with van der Waals surface area (Å²) in [5, 5.41) is 17.6. The molecule has 0 bridgehead atoms. The predicted molar refractivity (Wildman–Crippen MR) is 73.4 cm³/mol. The van der Waals surface area contributed by atoms with Gasteiger partial charge in [-0.25, -0.2) is 0 Å². The van der Waals surface area contributed by atoms with E-state index in [0.29, 0.717) is 4.90 Å². The molecule has 0 saturated heterocycles. The zero-order valence-electron chi connectivity index (χ0n) is 11.2. The van der Waals surface area contributed by atoms with Gasteiger partial charge in [0.2, 0.25) is 0 Å². The number of hydrogen-bond donors (Lipinski definition) is 4. The first-order chi connectivity index (χ1) is 10.1. The largest absolute Gasteiger partial charge is 0.481 e. The Kier molecular flexibility index (Phi) is 5.81. The summed E-state index contributed by atoms with van der Waals surface area (Å²) in [7, 11) is -4.67. The summed E-state index contributed by atoms with van der Waals surface area (Å²) in [6, 6.07) is 5.58. The third-order valence-electron chi connectivity index (χ3n) is 2.56. The molecular formula is C12H14NO8P. The smallest absolute Gasteiger partial charge is 0.344 e. The Morgan fingerprint density at radius 3 is 2.14 bits per heavy atom. The van der Waals surface area contributed by atoms with Crippen molar-refractivity contribution in [1.29, 1.82) is 0 Å². The minimum Gasteiger partial charge on any atom is -0.481 e. The fourth-order valence-electron chi connectivity index (χ4n) is 1.79. The molecule has 0 spiro atoms. The highest BCUT2D eigenvalue weighted by Crippen LogP contribution is 2.35. The van der Waals surface area contributed by atoms with Crippen LogP contribution in [0.15, 0.2) is 24.3 Å². The van der Waals surface area contributed by atoms with E-state index in [4.69, 9.17) is 20.0 Å². The summed E-state index contributed by atoms with van der Waals surface area (Å²) < 4.78 is 11.0. The zero-order valence-corrected chi connectivity index (χ0v) is 12.1. The van der Waals surface area contributed by atoms with E-state index < -0.39 is 44.7 Å². The summed E-state index contributed by atoms with van der Waals surface area (Å²) in [5.41, 5.74) is 0.0145. The minimum absolute atomic E-state index is 0.111. The summed E-state index contributed by atoms with van der Waals surface area (Å²) in [5.74, 6) is -3.60. The van der Waals surface area contributed by atoms with Gasteiger partial charge in [-0.05, 0) is 11.6 Å². The SMILES string of the molecule is O=C(O)Cc1ccccc1C(=O)N(CC(=O)O)CP(=O)(O)O. The van der Waals surface area contributed by atoms with E-state index in [2.05, 4.69) is 0 Å². The number of carbonyl (C=O) groups excluding carboxylic acids is 1. The van der Waals surface area contributed by atoms with Gasteiger partial charge >= 0.3 is 19.5 Å². The number of carbonyl (C=O) groups is 3. The number of hydrogen-bond acceptors (Lipinski definition) is 4. The van der Waals surface area contributed by atoms with E-state index in [1.54, 1.807) is 0 Å². The molecule has 1 amide bonds. The summed E-state index contributed by atoms with van der Waals surface area (Å²) >= 11 is 0. The standard InChI is InChI=1S/C12H14NO8P/c14-10(15)5-8-3-1-2-4-9(8)12(18)13(6-11(16)17)7-22(19,20)21/h1-4H,5-7H2,(H,14,15)(H,16,17)(H2,19,20,21). The van der Waals surface area contributed by atoms with Crippen LogP contribution in [0.25, 0.3) is 0 Å². The van der Waals surface area contributed by atoms with Crippen molar-refractivity contribution in [3.63, 3.8) is 0 Å². The number of aliphatic carboxylic acids is 2. The third-order valence-corrected chi connectivity index (χ3v) is 3.27. The third kappa shape index (κ3) is 5.65. The molecule has 0 fully saturated rings. The Morgan fingerprint density at radius 1 is 1.05 bits per heavy atom. The molecule has 1 aromatic rings. The lowest BCUT2D eigenvalue weighted by Crippen LogP contribution is -2.37. The lowest BCUT2D eigenvalue weighted by molar-refractivity contribution is -0.138. The van der Waals surface area contributed by atoms with Crippen molar-refractivity contribution in [2.24, 2.45) is 0 Å². The van der Waals surface area contributed by atoms with Crippen molar-refractivity contribution in [2.45, 2.75) is 6.42 Å². The first kappa shape index (κ1) is 17.8. The highest BCUT2D eigenvalue weighted by atomic mass is 31.2. The molecule has 0 unspecified atom stereocenters. The number of carboxylic acid groups (broad SMARTS) is 2. The van der Waals surface area contributed by atoms with Gasteiger partial charge in [0.15, 0.2) is 0 Å². The van der Waals surface area contributed by atoms with Crippen molar-refractivity contribution in [3.8, 4) is 0 Å². The lowest BCUT2D eigenvalue weighted by atomic mass is 10.0. The van der Waals surface area contributed by atoms with Gasteiger partial charge in [-0.15, -0.1) is 0 Å². The van der Waals surface area contributed by atoms with Crippen LogP contribution in [0.4, 0.5) is 0 Å². The number of nitrogens with zero attached hydrogens (tertiary/aromatic N) is 1. The van der Waals surface area contributed by atoms with Crippen molar-refractivity contribution in [3.05, 3.63) is 35.4 Å². The maximum absolute atomic E-state index is 12.3. The van der Waals surface area contributed by atoms with Crippen LogP contribution in [0.1, 0.15) is 15.9 Å². The second kappa shape index (κ2) is 7.17. The van der Waals surface area contributed by atoms with Gasteiger partial charge in [0.05, 0.1) is 6.42 Å².